The molecule has 0 unspecified atom stereocenters. The number of amides is 2. The number of thiazole rings is 1. The number of benzene rings is 1. The maximum Gasteiger partial charge on any atom is 0.277 e. The van der Waals surface area contributed by atoms with Crippen LogP contribution < -0.4 is 16.2 Å². The minimum absolute atomic E-state index is 0.130. The van der Waals surface area contributed by atoms with Crippen LogP contribution in [0.25, 0.3) is 10.6 Å². The van der Waals surface area contributed by atoms with E-state index in [4.69, 9.17) is 0 Å². The summed E-state index contributed by atoms with van der Waals surface area (Å²) in [6.07, 6.45) is 0.130. The molecule has 0 saturated heterocycles. The van der Waals surface area contributed by atoms with Crippen molar-refractivity contribution in [2.75, 3.05) is 13.1 Å². The first-order valence-electron chi connectivity index (χ1n) is 9.99. The largest absolute Gasteiger partial charge is 0.354 e. The first-order chi connectivity index (χ1) is 15.2. The van der Waals surface area contributed by atoms with Gasteiger partial charge in [-0.05, 0) is 44.0 Å². The van der Waals surface area contributed by atoms with E-state index in [0.717, 1.165) is 22.6 Å². The van der Waals surface area contributed by atoms with Crippen molar-refractivity contribution in [2.24, 2.45) is 7.05 Å². The van der Waals surface area contributed by atoms with Crippen molar-refractivity contribution >= 4 is 23.2 Å². The van der Waals surface area contributed by atoms with Crippen LogP contribution in [-0.2, 0) is 18.3 Å². The molecule has 0 atom stereocenters. The zero-order chi connectivity index (χ0) is 23.4. The Morgan fingerprint density at radius 2 is 1.72 bits per heavy atom. The molecule has 0 aliphatic carbocycles. The Hall–Kier alpha value is -3.40. The second-order valence-corrected chi connectivity index (χ2v) is 8.36. The van der Waals surface area contributed by atoms with E-state index < -0.39 is 0 Å². The Balaban J connectivity index is 1.59. The molecule has 0 aliphatic rings. The number of halogens is 1. The fourth-order valence-corrected chi connectivity index (χ4v) is 4.20. The highest BCUT2D eigenvalue weighted by atomic mass is 32.1. The molecular formula is C22H24FN5O3S. The zero-order valence-electron chi connectivity index (χ0n) is 18.3. The van der Waals surface area contributed by atoms with E-state index in [1.54, 1.807) is 26.1 Å². The molecule has 1 aromatic carbocycles. The van der Waals surface area contributed by atoms with Crippen molar-refractivity contribution in [3.63, 3.8) is 0 Å². The minimum atomic E-state index is -0.354. The van der Waals surface area contributed by atoms with Crippen LogP contribution in [-0.4, -0.2) is 39.7 Å². The summed E-state index contributed by atoms with van der Waals surface area (Å²) in [6, 6.07) is 5.72. The van der Waals surface area contributed by atoms with Crippen molar-refractivity contribution in [1.29, 1.82) is 0 Å². The number of aromatic nitrogens is 3. The molecule has 0 saturated carbocycles. The predicted molar refractivity (Wildman–Crippen MR) is 120 cm³/mol. The van der Waals surface area contributed by atoms with Gasteiger partial charge in [0.05, 0.1) is 23.4 Å². The Kier molecular flexibility index (Phi) is 7.14. The number of carbonyl (C=O) groups is 2. The third-order valence-electron chi connectivity index (χ3n) is 4.95. The number of rotatable bonds is 7. The van der Waals surface area contributed by atoms with Crippen molar-refractivity contribution in [2.45, 2.75) is 27.2 Å². The number of hydrogen-bond donors (Lipinski definition) is 2. The monoisotopic (exact) mass is 457 g/mol. The first kappa shape index (κ1) is 23.3. The summed E-state index contributed by atoms with van der Waals surface area (Å²) in [5.41, 5.74) is 2.86. The standard InChI is InChI=1S/C22H24FN5O3S/c1-12-13(2)27-28(4)22(31)18(12)21-26-14(3)19(32-21)20(30)25-10-9-24-17(29)11-15-5-7-16(23)8-6-15/h5-8H,9-11H2,1-4H3,(H,24,29)(H,25,30). The summed E-state index contributed by atoms with van der Waals surface area (Å²) >= 11 is 1.15. The van der Waals surface area contributed by atoms with Gasteiger partial charge in [-0.1, -0.05) is 12.1 Å². The van der Waals surface area contributed by atoms with Crippen molar-refractivity contribution < 1.29 is 14.0 Å². The van der Waals surface area contributed by atoms with Crippen LogP contribution in [0.15, 0.2) is 29.1 Å². The highest BCUT2D eigenvalue weighted by Gasteiger charge is 2.20. The lowest BCUT2D eigenvalue weighted by molar-refractivity contribution is -0.120. The summed E-state index contributed by atoms with van der Waals surface area (Å²) in [5.74, 6) is -0.895. The number of carbonyl (C=O) groups excluding carboxylic acids is 2. The molecule has 0 aliphatic heterocycles. The van der Waals surface area contributed by atoms with Crippen LogP contribution in [0.4, 0.5) is 4.39 Å². The quantitative estimate of drug-likeness (QED) is 0.529. The second kappa shape index (κ2) is 9.82. The van der Waals surface area contributed by atoms with Crippen molar-refractivity contribution in [1.82, 2.24) is 25.4 Å². The van der Waals surface area contributed by atoms with E-state index in [2.05, 4.69) is 20.7 Å². The van der Waals surface area contributed by atoms with Gasteiger partial charge in [-0.3, -0.25) is 14.4 Å². The van der Waals surface area contributed by atoms with E-state index in [1.807, 2.05) is 13.8 Å². The van der Waals surface area contributed by atoms with Crippen LogP contribution >= 0.6 is 11.3 Å². The smallest absolute Gasteiger partial charge is 0.277 e. The molecule has 0 fully saturated rings. The molecule has 168 valence electrons. The summed E-state index contributed by atoms with van der Waals surface area (Å²) < 4.78 is 14.2. The van der Waals surface area contributed by atoms with E-state index in [-0.39, 0.29) is 42.7 Å². The van der Waals surface area contributed by atoms with Gasteiger partial charge >= 0.3 is 0 Å². The van der Waals surface area contributed by atoms with Gasteiger partial charge in [0.15, 0.2) is 0 Å². The molecule has 0 spiro atoms. The van der Waals surface area contributed by atoms with Crippen LogP contribution in [0.5, 0.6) is 0 Å². The topological polar surface area (TPSA) is 106 Å². The fourth-order valence-electron chi connectivity index (χ4n) is 3.12. The first-order valence-corrected chi connectivity index (χ1v) is 10.8. The number of aryl methyl sites for hydroxylation is 3. The third-order valence-corrected chi connectivity index (χ3v) is 6.13. The van der Waals surface area contributed by atoms with Gasteiger partial charge in [0, 0.05) is 20.1 Å². The molecule has 0 bridgehead atoms. The highest BCUT2D eigenvalue weighted by molar-refractivity contribution is 7.17. The zero-order valence-corrected chi connectivity index (χ0v) is 19.1. The lowest BCUT2D eigenvalue weighted by Crippen LogP contribution is -2.35. The Labute approximate surface area is 188 Å². The van der Waals surface area contributed by atoms with Crippen LogP contribution in [0.1, 0.15) is 32.2 Å². The van der Waals surface area contributed by atoms with Gasteiger partial charge in [-0.15, -0.1) is 11.3 Å². The Bertz CT molecular complexity index is 1220. The highest BCUT2D eigenvalue weighted by Crippen LogP contribution is 2.28. The predicted octanol–water partition coefficient (Wildman–Crippen LogP) is 2.06. The van der Waals surface area contributed by atoms with Gasteiger partial charge in [0.25, 0.3) is 11.5 Å². The molecule has 8 nitrogen and oxygen atoms in total. The van der Waals surface area contributed by atoms with Crippen LogP contribution in [0.2, 0.25) is 0 Å². The maximum atomic E-state index is 12.9. The van der Waals surface area contributed by atoms with Gasteiger partial charge in [-0.2, -0.15) is 5.10 Å². The molecule has 2 aromatic heterocycles. The maximum absolute atomic E-state index is 12.9. The van der Waals surface area contributed by atoms with Gasteiger partial charge in [0.2, 0.25) is 5.91 Å². The fraction of sp³-hybridized carbons (Fsp3) is 0.318. The van der Waals surface area contributed by atoms with E-state index in [1.165, 1.54) is 16.8 Å². The molecule has 10 heteroatoms. The molecule has 3 aromatic rings. The molecular weight excluding hydrogens is 433 g/mol. The van der Waals surface area contributed by atoms with Crippen LogP contribution in [0.3, 0.4) is 0 Å². The summed E-state index contributed by atoms with van der Waals surface area (Å²) in [4.78, 5) is 42.0. The SMILES string of the molecule is Cc1nc(-c2c(C)c(C)nn(C)c2=O)sc1C(=O)NCCNC(=O)Cc1ccc(F)cc1. The molecule has 32 heavy (non-hydrogen) atoms. The number of nitrogens with one attached hydrogen (secondary N) is 2. The average molecular weight is 458 g/mol. The third kappa shape index (κ3) is 5.25. The van der Waals surface area contributed by atoms with Gasteiger partial charge in [0.1, 0.15) is 15.7 Å². The molecule has 0 radical (unpaired) electrons. The van der Waals surface area contributed by atoms with Crippen LogP contribution in [0, 0.1) is 26.6 Å². The lowest BCUT2D eigenvalue weighted by Gasteiger charge is -2.07. The Morgan fingerprint density at radius 1 is 1.06 bits per heavy atom. The molecule has 2 heterocycles. The van der Waals surface area contributed by atoms with E-state index in [0.29, 0.717) is 26.7 Å². The molecule has 2 amide bonds. The van der Waals surface area contributed by atoms with Crippen molar-refractivity contribution in [3.05, 3.63) is 67.8 Å². The molecule has 2 N–H and O–H groups in total. The second-order valence-electron chi connectivity index (χ2n) is 7.36. The summed E-state index contributed by atoms with van der Waals surface area (Å²) in [7, 11) is 1.58. The normalized spacial score (nSPS) is 10.8. The number of nitrogens with zero attached hydrogens (tertiary/aromatic N) is 3. The summed E-state index contributed by atoms with van der Waals surface area (Å²) in [6.45, 7) is 5.82. The van der Waals surface area contributed by atoms with Gasteiger partial charge in [-0.25, -0.2) is 14.1 Å². The minimum Gasteiger partial charge on any atom is -0.354 e. The number of hydrogen-bond acceptors (Lipinski definition) is 6. The lowest BCUT2D eigenvalue weighted by atomic mass is 10.1. The van der Waals surface area contributed by atoms with E-state index in [9.17, 15) is 18.8 Å². The Morgan fingerprint density at radius 3 is 2.41 bits per heavy atom. The van der Waals surface area contributed by atoms with Gasteiger partial charge < -0.3 is 10.6 Å². The average Bonchev–Trinajstić information content (AvgIpc) is 3.13. The van der Waals surface area contributed by atoms with Crippen molar-refractivity contribution in [3.8, 4) is 10.6 Å². The van der Waals surface area contributed by atoms with E-state index >= 15 is 0 Å². The molecule has 3 rings (SSSR count). The summed E-state index contributed by atoms with van der Waals surface area (Å²) in [5, 5.41) is 10.1.